The lowest BCUT2D eigenvalue weighted by Gasteiger charge is -2.38. The molecular formula is C48H67N3O12. The SMILES string of the molecule is CO[C@H]1/C=C/O[C@@]2(C)Oc3c(C)c(O)c4c(O)c(c(/C=N/N5CCCCCCCCCC5)c(O)c4c3C2=O)NC(=O)/C(C)=C\C=C\[C@H](C)[C@H](O)[C@@H](C)[C@@H](O)[C@@H](C)[C@H](OC(C)=O)[C@@H]1C. The summed E-state index contributed by atoms with van der Waals surface area (Å²) in [6.45, 7) is 13.9. The fraction of sp³-hybridized carbons (Fsp3) is 0.583. The Bertz CT molecular complexity index is 2120. The number of amides is 1. The van der Waals surface area contributed by atoms with Crippen molar-refractivity contribution in [2.75, 3.05) is 25.5 Å². The number of fused-ring (bicyclic) bond motifs is 14. The van der Waals surface area contributed by atoms with E-state index in [9.17, 15) is 39.9 Å². The molecular weight excluding hydrogens is 811 g/mol. The van der Waals surface area contributed by atoms with Crippen molar-refractivity contribution in [1.29, 1.82) is 0 Å². The van der Waals surface area contributed by atoms with Crippen LogP contribution in [0.4, 0.5) is 5.69 Å². The van der Waals surface area contributed by atoms with Gasteiger partial charge in [0.2, 0.25) is 0 Å². The Labute approximate surface area is 370 Å². The Kier molecular flexibility index (Phi) is 16.3. The maximum Gasteiger partial charge on any atom is 0.312 e. The van der Waals surface area contributed by atoms with Crippen LogP contribution in [0.2, 0.25) is 0 Å². The van der Waals surface area contributed by atoms with Gasteiger partial charge in [-0.3, -0.25) is 19.4 Å². The number of anilines is 1. The van der Waals surface area contributed by atoms with Crippen molar-refractivity contribution in [3.8, 4) is 23.0 Å². The standard InChI is InChI=1S/C48H67N3O12/c1-26-19-18-20-27(2)47(59)50-38-33(25-49-51-22-16-14-12-10-11-13-15-17-23-51)42(56)35-36(43(38)57)41(55)31(6)45-37(35)46(58)48(8,63-45)61-24-21-34(60-9)28(3)44(62-32(7)52)30(5)40(54)29(4)39(26)53/h18-21,24-26,28-30,34,39-40,44,53-57H,10-17,22-23H2,1-9H3,(H,50,59)/b19-18+,24-21+,27-20-,49-25+/t26-,28+,29+,30+,34-,39-,40+,44+,48-/m0/s1. The number of aromatic hydroxyl groups is 3. The van der Waals surface area contributed by atoms with Crippen LogP contribution in [0.15, 0.2) is 41.2 Å². The van der Waals surface area contributed by atoms with E-state index in [1.54, 1.807) is 46.8 Å². The highest BCUT2D eigenvalue weighted by Crippen LogP contribution is 2.55. The molecule has 6 N–H and O–H groups in total. The molecule has 1 saturated heterocycles. The lowest BCUT2D eigenvalue weighted by molar-refractivity contribution is -0.160. The molecule has 0 unspecified atom stereocenters. The van der Waals surface area contributed by atoms with Crippen molar-refractivity contribution in [3.63, 3.8) is 0 Å². The number of carbonyl (C=O) groups excluding carboxylic acids is 3. The number of ketones is 1. The number of allylic oxidation sites excluding steroid dienone is 2. The Morgan fingerprint density at radius 1 is 0.873 bits per heavy atom. The topological polar surface area (TPSA) is 217 Å². The number of methoxy groups -OCH3 is 1. The van der Waals surface area contributed by atoms with Gasteiger partial charge in [-0.1, -0.05) is 84.4 Å². The first-order valence-corrected chi connectivity index (χ1v) is 22.2. The first kappa shape index (κ1) is 48.9. The molecule has 15 nitrogen and oxygen atoms in total. The Morgan fingerprint density at radius 2 is 1.49 bits per heavy atom. The van der Waals surface area contributed by atoms with Crippen molar-refractivity contribution in [3.05, 3.63) is 52.8 Å². The molecule has 4 heterocycles. The van der Waals surface area contributed by atoms with Crippen molar-refractivity contribution in [1.82, 2.24) is 5.01 Å². The van der Waals surface area contributed by atoms with Gasteiger partial charge in [-0.25, -0.2) is 0 Å². The zero-order chi connectivity index (χ0) is 46.3. The van der Waals surface area contributed by atoms with Crippen LogP contribution in [0.25, 0.3) is 10.8 Å². The van der Waals surface area contributed by atoms with E-state index in [0.717, 1.165) is 38.5 Å². The number of carbonyl (C=O) groups is 3. The zero-order valence-corrected chi connectivity index (χ0v) is 38.1. The smallest absolute Gasteiger partial charge is 0.312 e. The van der Waals surface area contributed by atoms with Gasteiger partial charge in [-0.15, -0.1) is 0 Å². The number of hydrazone groups is 1. The van der Waals surface area contributed by atoms with Gasteiger partial charge >= 0.3 is 11.8 Å². The van der Waals surface area contributed by atoms with E-state index < -0.39 is 88.8 Å². The number of nitrogens with zero attached hydrogens (tertiary/aromatic N) is 2. The third kappa shape index (κ3) is 10.6. The minimum Gasteiger partial charge on any atom is -0.507 e. The molecule has 0 spiro atoms. The second-order valence-corrected chi connectivity index (χ2v) is 17.6. The molecule has 6 rings (SSSR count). The molecule has 1 fully saturated rings. The molecule has 2 aromatic rings. The van der Waals surface area contributed by atoms with E-state index in [1.807, 2.05) is 5.01 Å². The molecule has 0 radical (unpaired) electrons. The Balaban J connectivity index is 1.70. The number of esters is 1. The molecule has 9 atom stereocenters. The van der Waals surface area contributed by atoms with E-state index in [4.69, 9.17) is 24.0 Å². The van der Waals surface area contributed by atoms with E-state index in [0.29, 0.717) is 13.1 Å². The third-order valence-electron chi connectivity index (χ3n) is 13.0. The number of phenols is 3. The number of aliphatic hydroxyl groups excluding tert-OH is 2. The Hall–Kier alpha value is -5.12. The van der Waals surface area contributed by atoms with E-state index in [2.05, 4.69) is 5.32 Å². The van der Waals surface area contributed by atoms with Crippen LogP contribution in [0, 0.1) is 30.6 Å². The average Bonchev–Trinajstić information content (AvgIpc) is 3.48. The molecule has 1 amide bonds. The summed E-state index contributed by atoms with van der Waals surface area (Å²) in [5, 5.41) is 67.8. The van der Waals surface area contributed by atoms with E-state index in [-0.39, 0.29) is 44.5 Å². The molecule has 4 aliphatic heterocycles. The fourth-order valence-corrected chi connectivity index (χ4v) is 8.89. The van der Waals surface area contributed by atoms with Crippen LogP contribution in [-0.4, -0.2) is 105 Å². The summed E-state index contributed by atoms with van der Waals surface area (Å²) >= 11 is 0. The first-order chi connectivity index (χ1) is 29.8. The molecule has 15 heteroatoms. The first-order valence-electron chi connectivity index (χ1n) is 22.2. The molecule has 2 aromatic carbocycles. The minimum atomic E-state index is -2.04. The molecule has 63 heavy (non-hydrogen) atoms. The lowest BCUT2D eigenvalue weighted by atomic mass is 9.78. The Morgan fingerprint density at radius 3 is 2.10 bits per heavy atom. The van der Waals surface area contributed by atoms with Gasteiger partial charge in [-0.05, 0) is 32.8 Å². The maximum absolute atomic E-state index is 14.6. The second-order valence-electron chi connectivity index (χ2n) is 17.6. The molecule has 4 aliphatic rings. The van der Waals surface area contributed by atoms with Crippen LogP contribution in [-0.2, 0) is 23.8 Å². The highest BCUT2D eigenvalue weighted by Gasteiger charge is 2.50. The minimum absolute atomic E-state index is 0.0662. The number of nitrogens with one attached hydrogen (secondary N) is 1. The van der Waals surface area contributed by atoms with Crippen molar-refractivity contribution in [2.24, 2.45) is 28.8 Å². The van der Waals surface area contributed by atoms with E-state index in [1.165, 1.54) is 65.4 Å². The molecule has 0 saturated carbocycles. The quantitative estimate of drug-likeness (QED) is 0.0759. The monoisotopic (exact) mass is 877 g/mol. The normalized spacial score (nSPS) is 31.4. The summed E-state index contributed by atoms with van der Waals surface area (Å²) in [7, 11) is 1.45. The van der Waals surface area contributed by atoms with Gasteiger partial charge in [0.25, 0.3) is 11.7 Å². The average molecular weight is 878 g/mol. The number of hydrogen-bond acceptors (Lipinski definition) is 14. The number of rotatable bonds is 4. The molecule has 0 aliphatic carbocycles. The predicted octanol–water partition coefficient (Wildman–Crippen LogP) is 7.52. The summed E-state index contributed by atoms with van der Waals surface area (Å²) in [6, 6.07) is 0. The number of Topliss-reactive ketones (excluding diaryl/α,β-unsaturated/α-hetero) is 1. The summed E-state index contributed by atoms with van der Waals surface area (Å²) in [5.41, 5.74) is -0.263. The van der Waals surface area contributed by atoms with Crippen molar-refractivity contribution < 1.29 is 58.9 Å². The fourth-order valence-electron chi connectivity index (χ4n) is 8.89. The summed E-state index contributed by atoms with van der Waals surface area (Å²) in [5.74, 6) is -8.24. The molecule has 346 valence electrons. The van der Waals surface area contributed by atoms with Gasteiger partial charge in [0.1, 0.15) is 23.4 Å². The van der Waals surface area contributed by atoms with Crippen molar-refractivity contribution >= 4 is 40.3 Å². The van der Waals surface area contributed by atoms with Crippen LogP contribution >= 0.6 is 0 Å². The van der Waals surface area contributed by atoms with Crippen LogP contribution < -0.4 is 10.1 Å². The zero-order valence-electron chi connectivity index (χ0n) is 38.1. The summed E-state index contributed by atoms with van der Waals surface area (Å²) < 4.78 is 23.7. The van der Waals surface area contributed by atoms with Crippen LogP contribution in [0.3, 0.4) is 0 Å². The number of aliphatic hydroxyl groups is 2. The predicted molar refractivity (Wildman–Crippen MR) is 240 cm³/mol. The summed E-state index contributed by atoms with van der Waals surface area (Å²) in [4.78, 5) is 40.8. The molecule has 0 aromatic heterocycles. The highest BCUT2D eigenvalue weighted by molar-refractivity contribution is 6.23. The van der Waals surface area contributed by atoms with E-state index >= 15 is 0 Å². The highest BCUT2D eigenvalue weighted by atomic mass is 16.7. The maximum atomic E-state index is 14.6. The number of hydrogen-bond donors (Lipinski definition) is 6. The van der Waals surface area contributed by atoms with Crippen LogP contribution in [0.5, 0.6) is 23.0 Å². The lowest BCUT2D eigenvalue weighted by Crippen LogP contribution is -2.46. The molecule has 5 bridgehead atoms. The summed E-state index contributed by atoms with van der Waals surface area (Å²) in [6.07, 6.45) is 13.5. The van der Waals surface area contributed by atoms with Gasteiger partial charge < -0.3 is 49.8 Å². The van der Waals surface area contributed by atoms with Gasteiger partial charge in [0.05, 0.1) is 53.0 Å². The van der Waals surface area contributed by atoms with Gasteiger partial charge in [0, 0.05) is 74.2 Å². The number of benzene rings is 2. The largest absolute Gasteiger partial charge is 0.507 e. The van der Waals surface area contributed by atoms with Gasteiger partial charge in [-0.2, -0.15) is 5.10 Å². The van der Waals surface area contributed by atoms with Gasteiger partial charge in [0.15, 0.2) is 5.75 Å². The third-order valence-corrected chi connectivity index (χ3v) is 13.0. The second kappa shape index (κ2) is 21.0. The number of ether oxygens (including phenoxy) is 4. The number of phenolic OH excluding ortho intramolecular Hbond substituents is 3. The van der Waals surface area contributed by atoms with Crippen LogP contribution in [0.1, 0.15) is 121 Å². The van der Waals surface area contributed by atoms with Crippen molar-refractivity contribution in [2.45, 2.75) is 137 Å².